The number of nitrogens with one attached hydrogen (secondary N) is 1. The third-order valence-corrected chi connectivity index (χ3v) is 6.49. The highest BCUT2D eigenvalue weighted by Gasteiger charge is 2.27. The van der Waals surface area contributed by atoms with Crippen molar-refractivity contribution in [2.45, 2.75) is 37.8 Å². The van der Waals surface area contributed by atoms with Crippen molar-refractivity contribution in [1.82, 2.24) is 20.2 Å². The Morgan fingerprint density at radius 3 is 2.38 bits per heavy atom. The van der Waals surface area contributed by atoms with Crippen LogP contribution in [-0.2, 0) is 9.47 Å². The average molecular weight is 442 g/mol. The second-order valence-electron chi connectivity index (χ2n) is 8.61. The summed E-state index contributed by atoms with van der Waals surface area (Å²) in [6.45, 7) is 5.75. The van der Waals surface area contributed by atoms with Crippen LogP contribution in [0.5, 0.6) is 5.75 Å². The van der Waals surface area contributed by atoms with E-state index in [0.717, 1.165) is 74.5 Å². The second kappa shape index (κ2) is 9.87. The molecule has 172 valence electrons. The number of benzene rings is 1. The van der Waals surface area contributed by atoms with Gasteiger partial charge in [-0.3, -0.25) is 4.98 Å². The maximum Gasteiger partial charge on any atom is 0.317 e. The van der Waals surface area contributed by atoms with Crippen LogP contribution < -0.4 is 15.0 Å². The molecule has 1 saturated carbocycles. The van der Waals surface area contributed by atoms with E-state index in [1.54, 1.807) is 12.4 Å². The molecule has 2 amide bonds. The molecule has 0 spiro atoms. The fourth-order valence-corrected chi connectivity index (χ4v) is 4.66. The van der Waals surface area contributed by atoms with Gasteiger partial charge in [-0.1, -0.05) is 0 Å². The monoisotopic (exact) mass is 441 g/mol. The Morgan fingerprint density at radius 1 is 0.938 bits per heavy atom. The van der Waals surface area contributed by atoms with E-state index in [1.807, 2.05) is 4.90 Å². The lowest BCUT2D eigenvalue weighted by atomic mass is 9.93. The first-order chi connectivity index (χ1) is 15.8. The summed E-state index contributed by atoms with van der Waals surface area (Å²) < 4.78 is 17.3. The van der Waals surface area contributed by atoms with Crippen molar-refractivity contribution in [3.05, 3.63) is 24.5 Å². The molecule has 0 atom stereocenters. The number of rotatable bonds is 4. The van der Waals surface area contributed by atoms with Crippen LogP contribution in [0.25, 0.3) is 11.0 Å². The molecule has 1 aromatic carbocycles. The molecule has 0 radical (unpaired) electrons. The number of urea groups is 1. The number of anilines is 1. The number of carbonyl (C=O) groups excluding carboxylic acids is 1. The summed E-state index contributed by atoms with van der Waals surface area (Å²) in [7, 11) is 0. The summed E-state index contributed by atoms with van der Waals surface area (Å²) in [5, 5.41) is 3.19. The minimum atomic E-state index is 0.0251. The Kier molecular flexibility index (Phi) is 6.54. The number of ether oxygens (including phenoxy) is 3. The van der Waals surface area contributed by atoms with Crippen LogP contribution in [-0.4, -0.2) is 85.7 Å². The lowest BCUT2D eigenvalue weighted by Crippen LogP contribution is -2.50. The van der Waals surface area contributed by atoms with E-state index in [1.165, 1.54) is 0 Å². The van der Waals surface area contributed by atoms with Crippen molar-refractivity contribution < 1.29 is 19.0 Å². The minimum Gasteiger partial charge on any atom is -0.488 e. The highest BCUT2D eigenvalue weighted by atomic mass is 16.5. The van der Waals surface area contributed by atoms with Gasteiger partial charge in [0.25, 0.3) is 0 Å². The maximum atomic E-state index is 12.5. The van der Waals surface area contributed by atoms with Crippen molar-refractivity contribution in [1.29, 1.82) is 0 Å². The van der Waals surface area contributed by atoms with Gasteiger partial charge in [0.2, 0.25) is 0 Å². The van der Waals surface area contributed by atoms with E-state index in [2.05, 4.69) is 32.3 Å². The minimum absolute atomic E-state index is 0.0251. The van der Waals surface area contributed by atoms with E-state index in [0.29, 0.717) is 26.3 Å². The van der Waals surface area contributed by atoms with Crippen LogP contribution in [0.1, 0.15) is 25.7 Å². The number of fused-ring (bicyclic) bond motifs is 1. The van der Waals surface area contributed by atoms with Gasteiger partial charge in [0.15, 0.2) is 0 Å². The highest BCUT2D eigenvalue weighted by molar-refractivity contribution is 5.85. The molecule has 1 N–H and O–H groups in total. The van der Waals surface area contributed by atoms with E-state index < -0.39 is 0 Å². The van der Waals surface area contributed by atoms with Gasteiger partial charge >= 0.3 is 6.03 Å². The first-order valence-electron chi connectivity index (χ1n) is 11.6. The number of amides is 2. The zero-order valence-corrected chi connectivity index (χ0v) is 18.4. The lowest BCUT2D eigenvalue weighted by Gasteiger charge is -2.33. The number of nitrogens with zero attached hydrogens (tertiary/aromatic N) is 4. The predicted octanol–water partition coefficient (Wildman–Crippen LogP) is 2.20. The molecule has 3 heterocycles. The normalized spacial score (nSPS) is 24.4. The Balaban J connectivity index is 1.22. The number of hydrogen-bond acceptors (Lipinski definition) is 7. The second-order valence-corrected chi connectivity index (χ2v) is 8.61. The largest absolute Gasteiger partial charge is 0.488 e. The van der Waals surface area contributed by atoms with Crippen LogP contribution in [0.4, 0.5) is 10.5 Å². The molecule has 5 rings (SSSR count). The quantitative estimate of drug-likeness (QED) is 0.778. The summed E-state index contributed by atoms with van der Waals surface area (Å²) in [5.41, 5.74) is 2.74. The molecule has 3 aliphatic rings. The first-order valence-corrected chi connectivity index (χ1v) is 11.6. The number of morpholine rings is 2. The van der Waals surface area contributed by atoms with Crippen LogP contribution in [0.2, 0.25) is 0 Å². The third-order valence-electron chi connectivity index (χ3n) is 6.49. The van der Waals surface area contributed by atoms with Gasteiger partial charge in [0.05, 0.1) is 38.0 Å². The number of hydrogen-bond donors (Lipinski definition) is 1. The topological polar surface area (TPSA) is 89.0 Å². The van der Waals surface area contributed by atoms with Crippen molar-refractivity contribution in [3.8, 4) is 5.75 Å². The molecule has 9 nitrogen and oxygen atoms in total. The molecular formula is C23H31N5O4. The van der Waals surface area contributed by atoms with Gasteiger partial charge in [-0.05, 0) is 31.7 Å². The summed E-state index contributed by atoms with van der Waals surface area (Å²) in [5.74, 6) is 0.790. The Labute approximate surface area is 188 Å². The molecule has 2 aromatic rings. The Bertz CT molecular complexity index is 922. The third kappa shape index (κ3) is 4.88. The summed E-state index contributed by atoms with van der Waals surface area (Å²) in [6, 6.07) is 4.39. The predicted molar refractivity (Wildman–Crippen MR) is 120 cm³/mol. The fourth-order valence-electron chi connectivity index (χ4n) is 4.66. The van der Waals surface area contributed by atoms with Gasteiger partial charge in [-0.2, -0.15) is 0 Å². The SMILES string of the molecule is O=C(NC1CCC(Oc2cc(N3CCOCC3)cc3nccnc23)CC1)N1CCOCC1. The standard InChI is InChI=1S/C23H31N5O4/c29-23(28-9-13-31-14-10-28)26-17-1-3-19(4-2-17)32-21-16-18(27-7-11-30-12-8-27)15-20-22(21)25-6-5-24-20/h5-6,15-17,19H,1-4,7-14H2,(H,26,29). The molecule has 2 aliphatic heterocycles. The van der Waals surface area contributed by atoms with E-state index in [9.17, 15) is 4.79 Å². The zero-order valence-electron chi connectivity index (χ0n) is 18.4. The van der Waals surface area contributed by atoms with Gasteiger partial charge in [-0.25, -0.2) is 9.78 Å². The van der Waals surface area contributed by atoms with Crippen LogP contribution >= 0.6 is 0 Å². The number of aromatic nitrogens is 2. The van der Waals surface area contributed by atoms with Crippen molar-refractivity contribution in [2.75, 3.05) is 57.5 Å². The molecule has 9 heteroatoms. The van der Waals surface area contributed by atoms with Crippen molar-refractivity contribution in [2.24, 2.45) is 0 Å². The van der Waals surface area contributed by atoms with Crippen molar-refractivity contribution >= 4 is 22.8 Å². The fraction of sp³-hybridized carbons (Fsp3) is 0.609. The van der Waals surface area contributed by atoms with Crippen molar-refractivity contribution in [3.63, 3.8) is 0 Å². The van der Waals surface area contributed by atoms with Gasteiger partial charge < -0.3 is 29.3 Å². The van der Waals surface area contributed by atoms with Crippen LogP contribution in [0, 0.1) is 0 Å². The maximum absolute atomic E-state index is 12.5. The van der Waals surface area contributed by atoms with E-state index >= 15 is 0 Å². The van der Waals surface area contributed by atoms with E-state index in [4.69, 9.17) is 14.2 Å². The van der Waals surface area contributed by atoms with Gasteiger partial charge in [-0.15, -0.1) is 0 Å². The smallest absolute Gasteiger partial charge is 0.317 e. The van der Waals surface area contributed by atoms with E-state index in [-0.39, 0.29) is 18.2 Å². The average Bonchev–Trinajstić information content (AvgIpc) is 2.86. The van der Waals surface area contributed by atoms with Crippen LogP contribution in [0.3, 0.4) is 0 Å². The molecule has 0 bridgehead atoms. The molecule has 1 aliphatic carbocycles. The number of carbonyl (C=O) groups is 1. The Hall–Kier alpha value is -2.65. The molecule has 0 unspecified atom stereocenters. The van der Waals surface area contributed by atoms with Gasteiger partial charge in [0, 0.05) is 56.4 Å². The lowest BCUT2D eigenvalue weighted by molar-refractivity contribution is 0.0514. The highest BCUT2D eigenvalue weighted by Crippen LogP contribution is 2.33. The molecule has 1 aromatic heterocycles. The molecule has 3 fully saturated rings. The summed E-state index contributed by atoms with van der Waals surface area (Å²) >= 11 is 0. The zero-order chi connectivity index (χ0) is 21.8. The van der Waals surface area contributed by atoms with Crippen LogP contribution in [0.15, 0.2) is 24.5 Å². The first kappa shape index (κ1) is 21.2. The summed E-state index contributed by atoms with van der Waals surface area (Å²) in [6.07, 6.45) is 7.16. The molecular weight excluding hydrogens is 410 g/mol. The van der Waals surface area contributed by atoms with Gasteiger partial charge in [0.1, 0.15) is 11.3 Å². The molecule has 32 heavy (non-hydrogen) atoms. The summed E-state index contributed by atoms with van der Waals surface area (Å²) in [4.78, 5) is 25.7. The molecule has 2 saturated heterocycles. The Morgan fingerprint density at radius 2 is 1.62 bits per heavy atom.